The van der Waals surface area contributed by atoms with Gasteiger partial charge in [0.05, 0.1) is 0 Å². The summed E-state index contributed by atoms with van der Waals surface area (Å²) in [5.41, 5.74) is 1.25. The lowest BCUT2D eigenvalue weighted by atomic mass is 9.49. The highest BCUT2D eigenvalue weighted by atomic mass is 15.2. The molecular formula is C15H27N. The van der Waals surface area contributed by atoms with E-state index in [2.05, 4.69) is 25.7 Å². The molecule has 2 aliphatic carbocycles. The van der Waals surface area contributed by atoms with Crippen molar-refractivity contribution < 1.29 is 0 Å². The second-order valence-electron chi connectivity index (χ2n) is 7.62. The first-order chi connectivity index (χ1) is 7.51. The predicted octanol–water partition coefficient (Wildman–Crippen LogP) is 3.69. The van der Waals surface area contributed by atoms with Gasteiger partial charge in [-0.25, -0.2) is 0 Å². The molecule has 0 N–H and O–H groups in total. The molecule has 92 valence electrons. The molecule has 1 heteroatoms. The lowest BCUT2D eigenvalue weighted by Gasteiger charge is -2.59. The molecule has 3 aliphatic rings. The number of likely N-dealkylation sites (tertiary alicyclic amines) is 1. The van der Waals surface area contributed by atoms with Gasteiger partial charge in [-0.05, 0) is 61.8 Å². The van der Waals surface area contributed by atoms with E-state index in [4.69, 9.17) is 0 Å². The molecule has 0 amide bonds. The summed E-state index contributed by atoms with van der Waals surface area (Å²) in [6.45, 7) is 10.2. The Bertz CT molecular complexity index is 274. The second kappa shape index (κ2) is 3.48. The van der Waals surface area contributed by atoms with Gasteiger partial charge in [-0.1, -0.05) is 20.8 Å². The zero-order valence-electron chi connectivity index (χ0n) is 11.3. The minimum Gasteiger partial charge on any atom is -0.300 e. The van der Waals surface area contributed by atoms with Crippen LogP contribution in [0.4, 0.5) is 0 Å². The third-order valence-corrected chi connectivity index (χ3v) is 5.42. The fraction of sp³-hybridized carbons (Fsp3) is 1.00. The minimum atomic E-state index is 0.533. The van der Waals surface area contributed by atoms with Gasteiger partial charge >= 0.3 is 0 Å². The SMILES string of the molecule is CC(C)(C)C1CCC12CCCN(C1CC1)C2. The molecule has 1 heterocycles. The topological polar surface area (TPSA) is 3.24 Å². The fourth-order valence-corrected chi connectivity index (χ4v) is 4.49. The molecule has 3 rings (SSSR count). The van der Waals surface area contributed by atoms with Crippen LogP contribution in [0.3, 0.4) is 0 Å². The molecule has 1 aliphatic heterocycles. The summed E-state index contributed by atoms with van der Waals surface area (Å²) in [4.78, 5) is 2.82. The summed E-state index contributed by atoms with van der Waals surface area (Å²) in [5.74, 6) is 0.988. The molecule has 2 unspecified atom stereocenters. The Morgan fingerprint density at radius 1 is 1.06 bits per heavy atom. The second-order valence-corrected chi connectivity index (χ2v) is 7.62. The molecule has 0 bridgehead atoms. The summed E-state index contributed by atoms with van der Waals surface area (Å²) in [7, 11) is 0. The largest absolute Gasteiger partial charge is 0.300 e. The first-order valence-corrected chi connectivity index (χ1v) is 7.25. The van der Waals surface area contributed by atoms with Gasteiger partial charge in [0.1, 0.15) is 0 Å². The summed E-state index contributed by atoms with van der Waals surface area (Å²) in [6, 6.07) is 0.985. The first-order valence-electron chi connectivity index (χ1n) is 7.25. The van der Waals surface area contributed by atoms with E-state index < -0.39 is 0 Å². The summed E-state index contributed by atoms with van der Waals surface area (Å²) >= 11 is 0. The molecule has 16 heavy (non-hydrogen) atoms. The fourth-order valence-electron chi connectivity index (χ4n) is 4.49. The van der Waals surface area contributed by atoms with E-state index in [0.717, 1.165) is 17.4 Å². The molecule has 1 saturated heterocycles. The quantitative estimate of drug-likeness (QED) is 0.653. The highest BCUT2D eigenvalue weighted by Crippen LogP contribution is 2.59. The Kier molecular flexibility index (Phi) is 2.41. The number of rotatable bonds is 1. The minimum absolute atomic E-state index is 0.533. The first kappa shape index (κ1) is 11.1. The number of hydrogen-bond donors (Lipinski definition) is 0. The van der Waals surface area contributed by atoms with Crippen LogP contribution in [-0.2, 0) is 0 Å². The third-order valence-electron chi connectivity index (χ3n) is 5.42. The maximum atomic E-state index is 2.82. The Balaban J connectivity index is 1.72. The molecule has 2 saturated carbocycles. The predicted molar refractivity (Wildman–Crippen MR) is 68.4 cm³/mol. The van der Waals surface area contributed by atoms with Crippen molar-refractivity contribution in [3.63, 3.8) is 0 Å². The van der Waals surface area contributed by atoms with E-state index in [0.29, 0.717) is 5.41 Å². The maximum Gasteiger partial charge on any atom is 0.00966 e. The van der Waals surface area contributed by atoms with Crippen LogP contribution in [0.5, 0.6) is 0 Å². The van der Waals surface area contributed by atoms with Crippen LogP contribution in [-0.4, -0.2) is 24.0 Å². The molecular weight excluding hydrogens is 194 g/mol. The molecule has 0 aromatic heterocycles. The van der Waals surface area contributed by atoms with E-state index >= 15 is 0 Å². The van der Waals surface area contributed by atoms with E-state index in [1.165, 1.54) is 51.6 Å². The Morgan fingerprint density at radius 3 is 2.31 bits per heavy atom. The third kappa shape index (κ3) is 1.72. The summed E-state index contributed by atoms with van der Waals surface area (Å²) in [6.07, 6.45) is 8.94. The van der Waals surface area contributed by atoms with Crippen molar-refractivity contribution in [2.45, 2.75) is 65.3 Å². The van der Waals surface area contributed by atoms with Crippen molar-refractivity contribution >= 4 is 0 Å². The van der Waals surface area contributed by atoms with Crippen molar-refractivity contribution in [1.82, 2.24) is 4.90 Å². The Morgan fingerprint density at radius 2 is 1.81 bits per heavy atom. The van der Waals surface area contributed by atoms with Crippen LogP contribution in [0, 0.1) is 16.7 Å². The van der Waals surface area contributed by atoms with Crippen LogP contribution in [0.2, 0.25) is 0 Å². The molecule has 0 aromatic rings. The van der Waals surface area contributed by atoms with Crippen LogP contribution >= 0.6 is 0 Å². The van der Waals surface area contributed by atoms with Crippen molar-refractivity contribution in [1.29, 1.82) is 0 Å². The van der Waals surface area contributed by atoms with Gasteiger partial charge in [0, 0.05) is 12.6 Å². The van der Waals surface area contributed by atoms with Crippen molar-refractivity contribution in [2.24, 2.45) is 16.7 Å². The average molecular weight is 221 g/mol. The summed E-state index contributed by atoms with van der Waals surface area (Å²) in [5, 5.41) is 0. The van der Waals surface area contributed by atoms with Crippen LogP contribution < -0.4 is 0 Å². The van der Waals surface area contributed by atoms with Gasteiger partial charge in [0.2, 0.25) is 0 Å². The Labute approximate surface area is 101 Å². The van der Waals surface area contributed by atoms with Crippen molar-refractivity contribution in [3.8, 4) is 0 Å². The van der Waals surface area contributed by atoms with Crippen molar-refractivity contribution in [2.75, 3.05) is 13.1 Å². The molecule has 1 nitrogen and oxygen atoms in total. The Hall–Kier alpha value is -0.0400. The zero-order valence-corrected chi connectivity index (χ0v) is 11.3. The number of nitrogens with zero attached hydrogens (tertiary/aromatic N) is 1. The smallest absolute Gasteiger partial charge is 0.00966 e. The highest BCUT2D eigenvalue weighted by Gasteiger charge is 2.53. The van der Waals surface area contributed by atoms with Gasteiger partial charge in [0.25, 0.3) is 0 Å². The van der Waals surface area contributed by atoms with Gasteiger partial charge in [-0.3, -0.25) is 4.90 Å². The van der Waals surface area contributed by atoms with E-state index in [-0.39, 0.29) is 0 Å². The monoisotopic (exact) mass is 221 g/mol. The van der Waals surface area contributed by atoms with Gasteiger partial charge in [-0.2, -0.15) is 0 Å². The van der Waals surface area contributed by atoms with Crippen molar-refractivity contribution in [3.05, 3.63) is 0 Å². The van der Waals surface area contributed by atoms with Gasteiger partial charge in [0.15, 0.2) is 0 Å². The lowest BCUT2D eigenvalue weighted by molar-refractivity contribution is -0.0956. The molecule has 0 aromatic carbocycles. The van der Waals surface area contributed by atoms with E-state index in [1.807, 2.05) is 0 Å². The number of hydrogen-bond acceptors (Lipinski definition) is 1. The van der Waals surface area contributed by atoms with Crippen LogP contribution in [0.25, 0.3) is 0 Å². The van der Waals surface area contributed by atoms with Crippen LogP contribution in [0.15, 0.2) is 0 Å². The molecule has 1 spiro atoms. The maximum absolute atomic E-state index is 2.82. The zero-order chi connectivity index (χ0) is 11.4. The van der Waals surface area contributed by atoms with Gasteiger partial charge in [-0.15, -0.1) is 0 Å². The summed E-state index contributed by atoms with van der Waals surface area (Å²) < 4.78 is 0. The lowest BCUT2D eigenvalue weighted by Crippen LogP contribution is -2.56. The highest BCUT2D eigenvalue weighted by molar-refractivity contribution is 5.05. The number of piperidine rings is 1. The molecule has 2 atom stereocenters. The standard InChI is InChI=1S/C15H27N/c1-14(2,3)13-7-9-15(13)8-4-10-16(11-15)12-5-6-12/h12-13H,4-11H2,1-3H3. The average Bonchev–Trinajstić information content (AvgIpc) is 2.96. The normalized spacial score (nSPS) is 41.1. The van der Waals surface area contributed by atoms with E-state index in [9.17, 15) is 0 Å². The van der Waals surface area contributed by atoms with Crippen LogP contribution in [0.1, 0.15) is 59.3 Å². The molecule has 3 fully saturated rings. The van der Waals surface area contributed by atoms with E-state index in [1.54, 1.807) is 0 Å². The molecule has 0 radical (unpaired) electrons. The van der Waals surface area contributed by atoms with Gasteiger partial charge < -0.3 is 0 Å².